The molecule has 2 aromatic rings. The van der Waals surface area contributed by atoms with Gasteiger partial charge in [0.15, 0.2) is 0 Å². The highest BCUT2D eigenvalue weighted by molar-refractivity contribution is 6.06. The van der Waals surface area contributed by atoms with E-state index in [0.29, 0.717) is 11.1 Å². The van der Waals surface area contributed by atoms with E-state index >= 15 is 0 Å². The van der Waals surface area contributed by atoms with Crippen molar-refractivity contribution in [1.29, 1.82) is 0 Å². The minimum atomic E-state index is -0.462. The molecule has 0 aliphatic carbocycles. The van der Waals surface area contributed by atoms with Gasteiger partial charge in [0.25, 0.3) is 5.91 Å². The lowest BCUT2D eigenvalue weighted by molar-refractivity contribution is -0.140. The molecular formula is C22H21NO3. The number of likely N-dealkylation sites (N-methyl/N-ethyl adjacent to an activating group) is 1. The Kier molecular flexibility index (Phi) is 5.32. The van der Waals surface area contributed by atoms with Gasteiger partial charge in [0.05, 0.1) is 18.2 Å². The minimum Gasteiger partial charge on any atom is -0.463 e. The minimum absolute atomic E-state index is 0.129. The lowest BCUT2D eigenvalue weighted by atomic mass is 9.90. The molecule has 1 heterocycles. The number of hydrogen-bond donors (Lipinski definition) is 0. The molecule has 1 amide bonds. The van der Waals surface area contributed by atoms with Crippen LogP contribution < -0.4 is 0 Å². The van der Waals surface area contributed by atoms with E-state index in [0.717, 1.165) is 11.1 Å². The van der Waals surface area contributed by atoms with Crippen molar-refractivity contribution in [2.24, 2.45) is 0 Å². The van der Waals surface area contributed by atoms with Crippen LogP contribution in [0.2, 0.25) is 0 Å². The maximum Gasteiger partial charge on any atom is 0.336 e. The number of nitrogens with zero attached hydrogens (tertiary/aromatic N) is 1. The van der Waals surface area contributed by atoms with Crippen molar-refractivity contribution in [1.82, 2.24) is 4.90 Å². The summed E-state index contributed by atoms with van der Waals surface area (Å²) in [4.78, 5) is 27.1. The molecule has 3 rings (SSSR count). The molecule has 132 valence electrons. The highest BCUT2D eigenvalue weighted by Gasteiger charge is 2.35. The maximum atomic E-state index is 12.9. The third-order valence-corrected chi connectivity index (χ3v) is 4.31. The van der Waals surface area contributed by atoms with Crippen LogP contribution in [0.1, 0.15) is 24.1 Å². The lowest BCUT2D eigenvalue weighted by Crippen LogP contribution is -2.38. The molecular weight excluding hydrogens is 326 g/mol. The first-order valence-electron chi connectivity index (χ1n) is 8.59. The summed E-state index contributed by atoms with van der Waals surface area (Å²) in [7, 11) is 1.71. The van der Waals surface area contributed by atoms with E-state index in [1.807, 2.05) is 60.7 Å². The summed E-state index contributed by atoms with van der Waals surface area (Å²) in [6.07, 6.45) is 3.45. The van der Waals surface area contributed by atoms with E-state index in [1.54, 1.807) is 31.0 Å². The SMILES string of the molecule is CCOC(=O)C1=C/C(=C\c2ccccc2)C(=O)N(C)[C@H]1c1ccccc1. The first kappa shape index (κ1) is 17.7. The number of carbonyl (C=O) groups is 2. The largest absolute Gasteiger partial charge is 0.463 e. The number of carbonyl (C=O) groups excluding carboxylic acids is 2. The molecule has 1 aliphatic rings. The van der Waals surface area contributed by atoms with E-state index < -0.39 is 12.0 Å². The molecule has 4 heteroatoms. The van der Waals surface area contributed by atoms with Gasteiger partial charge >= 0.3 is 5.97 Å². The van der Waals surface area contributed by atoms with E-state index in [4.69, 9.17) is 4.74 Å². The zero-order valence-electron chi connectivity index (χ0n) is 14.9. The fraction of sp³-hybridized carbons (Fsp3) is 0.182. The Labute approximate surface area is 153 Å². The van der Waals surface area contributed by atoms with Crippen molar-refractivity contribution in [3.63, 3.8) is 0 Å². The van der Waals surface area contributed by atoms with Crippen LogP contribution in [0.15, 0.2) is 77.9 Å². The monoisotopic (exact) mass is 347 g/mol. The number of rotatable bonds is 4. The number of esters is 1. The highest BCUT2D eigenvalue weighted by Crippen LogP contribution is 2.34. The predicted molar refractivity (Wildman–Crippen MR) is 101 cm³/mol. The number of amides is 1. The topological polar surface area (TPSA) is 46.6 Å². The van der Waals surface area contributed by atoms with Gasteiger partial charge in [0, 0.05) is 12.6 Å². The second-order valence-electron chi connectivity index (χ2n) is 6.06. The summed E-state index contributed by atoms with van der Waals surface area (Å²) in [5, 5.41) is 0. The Morgan fingerprint density at radius 3 is 2.31 bits per heavy atom. The summed E-state index contributed by atoms with van der Waals surface area (Å²) >= 11 is 0. The summed E-state index contributed by atoms with van der Waals surface area (Å²) < 4.78 is 5.24. The smallest absolute Gasteiger partial charge is 0.336 e. The lowest BCUT2D eigenvalue weighted by Gasteiger charge is -2.34. The van der Waals surface area contributed by atoms with Gasteiger partial charge in [0.2, 0.25) is 0 Å². The molecule has 26 heavy (non-hydrogen) atoms. The summed E-state index contributed by atoms with van der Waals surface area (Å²) in [6.45, 7) is 2.06. The summed E-state index contributed by atoms with van der Waals surface area (Å²) in [6, 6.07) is 18.6. The summed E-state index contributed by atoms with van der Waals surface area (Å²) in [5.41, 5.74) is 2.71. The first-order valence-corrected chi connectivity index (χ1v) is 8.59. The van der Waals surface area contributed by atoms with Gasteiger partial charge in [-0.05, 0) is 30.2 Å². The summed E-state index contributed by atoms with van der Waals surface area (Å²) in [5.74, 6) is -0.532. The van der Waals surface area contributed by atoms with Crippen molar-refractivity contribution in [2.45, 2.75) is 13.0 Å². The van der Waals surface area contributed by atoms with E-state index in [1.165, 1.54) is 0 Å². The van der Waals surface area contributed by atoms with Crippen molar-refractivity contribution >= 4 is 18.0 Å². The van der Waals surface area contributed by atoms with Crippen LogP contribution in [0.25, 0.3) is 6.08 Å². The van der Waals surface area contributed by atoms with Crippen LogP contribution >= 0.6 is 0 Å². The second kappa shape index (κ2) is 7.83. The molecule has 0 radical (unpaired) electrons. The van der Waals surface area contributed by atoms with Gasteiger partial charge in [-0.25, -0.2) is 4.79 Å². The highest BCUT2D eigenvalue weighted by atomic mass is 16.5. The van der Waals surface area contributed by atoms with Gasteiger partial charge in [0.1, 0.15) is 0 Å². The Bertz CT molecular complexity index is 853. The van der Waals surface area contributed by atoms with E-state index in [2.05, 4.69) is 0 Å². The third kappa shape index (κ3) is 3.59. The van der Waals surface area contributed by atoms with Crippen LogP contribution in [0, 0.1) is 0 Å². The molecule has 0 aromatic heterocycles. The van der Waals surface area contributed by atoms with E-state index in [9.17, 15) is 9.59 Å². The van der Waals surface area contributed by atoms with Crippen LogP contribution in [-0.4, -0.2) is 30.4 Å². The third-order valence-electron chi connectivity index (χ3n) is 4.31. The average Bonchev–Trinajstić information content (AvgIpc) is 2.67. The molecule has 1 aliphatic heterocycles. The predicted octanol–water partition coefficient (Wildman–Crippen LogP) is 3.77. The van der Waals surface area contributed by atoms with Crippen molar-refractivity contribution in [2.75, 3.05) is 13.7 Å². The van der Waals surface area contributed by atoms with Gasteiger partial charge in [-0.15, -0.1) is 0 Å². The van der Waals surface area contributed by atoms with Crippen LogP contribution in [0.4, 0.5) is 0 Å². The Morgan fingerprint density at radius 1 is 1.08 bits per heavy atom. The zero-order valence-corrected chi connectivity index (χ0v) is 14.9. The second-order valence-corrected chi connectivity index (χ2v) is 6.06. The number of benzene rings is 2. The fourth-order valence-corrected chi connectivity index (χ4v) is 3.09. The van der Waals surface area contributed by atoms with Crippen LogP contribution in [0.5, 0.6) is 0 Å². The van der Waals surface area contributed by atoms with E-state index in [-0.39, 0.29) is 12.5 Å². The fourth-order valence-electron chi connectivity index (χ4n) is 3.09. The van der Waals surface area contributed by atoms with Gasteiger partial charge in [-0.1, -0.05) is 60.7 Å². The van der Waals surface area contributed by atoms with Crippen LogP contribution in [-0.2, 0) is 14.3 Å². The molecule has 0 unspecified atom stereocenters. The van der Waals surface area contributed by atoms with Crippen LogP contribution in [0.3, 0.4) is 0 Å². The molecule has 0 N–H and O–H groups in total. The van der Waals surface area contributed by atoms with Crippen molar-refractivity contribution < 1.29 is 14.3 Å². The maximum absolute atomic E-state index is 12.9. The molecule has 1 atom stereocenters. The van der Waals surface area contributed by atoms with Gasteiger partial charge < -0.3 is 9.64 Å². The standard InChI is InChI=1S/C22H21NO3/c1-3-26-22(25)19-15-18(14-16-10-6-4-7-11-16)21(24)23(2)20(19)17-12-8-5-9-13-17/h4-15,20H,3H2,1-2H3/b18-14+/t20-/m0/s1. The normalized spacial score (nSPS) is 18.6. The van der Waals surface area contributed by atoms with Crippen molar-refractivity contribution in [3.8, 4) is 0 Å². The quantitative estimate of drug-likeness (QED) is 0.625. The molecule has 4 nitrogen and oxygen atoms in total. The Morgan fingerprint density at radius 2 is 1.69 bits per heavy atom. The Hall–Kier alpha value is -3.14. The molecule has 0 bridgehead atoms. The number of hydrogen-bond acceptors (Lipinski definition) is 3. The molecule has 0 fully saturated rings. The van der Waals surface area contributed by atoms with Gasteiger partial charge in [-0.2, -0.15) is 0 Å². The number of ether oxygens (including phenoxy) is 1. The zero-order chi connectivity index (χ0) is 18.5. The van der Waals surface area contributed by atoms with Crippen molar-refractivity contribution in [3.05, 3.63) is 89.0 Å². The molecule has 0 saturated heterocycles. The molecule has 2 aromatic carbocycles. The first-order chi connectivity index (χ1) is 12.6. The van der Waals surface area contributed by atoms with Gasteiger partial charge in [-0.3, -0.25) is 4.79 Å². The average molecular weight is 347 g/mol. The Balaban J connectivity index is 2.10. The molecule has 0 saturated carbocycles. The molecule has 0 spiro atoms.